The molecule has 0 unspecified atom stereocenters. The number of hydrogen-bond donors (Lipinski definition) is 2. The number of ether oxygens (including phenoxy) is 1. The minimum Gasteiger partial charge on any atom is -0.375 e. The van der Waals surface area contributed by atoms with Crippen molar-refractivity contribution in [3.8, 4) is 5.69 Å². The summed E-state index contributed by atoms with van der Waals surface area (Å²) < 4.78 is 7.10. The lowest BCUT2D eigenvalue weighted by Gasteiger charge is -2.29. The molecule has 0 spiro atoms. The van der Waals surface area contributed by atoms with Crippen LogP contribution in [0.1, 0.15) is 29.0 Å². The number of amides is 1. The predicted octanol–water partition coefficient (Wildman–Crippen LogP) is 4.94. The lowest BCUT2D eigenvalue weighted by Crippen LogP contribution is -2.30. The maximum absolute atomic E-state index is 11.9. The normalized spacial score (nSPS) is 17.2. The first-order valence-electron chi connectivity index (χ1n) is 11.7. The quantitative estimate of drug-likeness (QED) is 0.353. The fourth-order valence-electron chi connectivity index (χ4n) is 4.54. The van der Waals surface area contributed by atoms with Gasteiger partial charge in [-0.2, -0.15) is 0 Å². The van der Waals surface area contributed by atoms with Gasteiger partial charge in [0.15, 0.2) is 5.11 Å². The van der Waals surface area contributed by atoms with Crippen molar-refractivity contribution >= 4 is 34.6 Å². The molecule has 0 radical (unpaired) electrons. The Balaban J connectivity index is 1.55. The summed E-state index contributed by atoms with van der Waals surface area (Å²) in [4.78, 5) is 18.7. The molecule has 3 heterocycles. The Labute approximate surface area is 215 Å². The zero-order valence-corrected chi connectivity index (χ0v) is 20.9. The highest BCUT2D eigenvalue weighted by Crippen LogP contribution is 2.42. The zero-order valence-electron chi connectivity index (χ0n) is 20.1. The van der Waals surface area contributed by atoms with Crippen LogP contribution in [0.25, 0.3) is 5.69 Å². The molecule has 0 saturated carbocycles. The summed E-state index contributed by atoms with van der Waals surface area (Å²) in [7, 11) is 1.49. The molecule has 8 heteroatoms. The second-order valence-electron chi connectivity index (χ2n) is 8.66. The third kappa shape index (κ3) is 4.73. The third-order valence-electron chi connectivity index (χ3n) is 6.20. The summed E-state index contributed by atoms with van der Waals surface area (Å²) in [6.45, 7) is 2.09. The summed E-state index contributed by atoms with van der Waals surface area (Å²) in [5.41, 5.74) is 5.89. The van der Waals surface area contributed by atoms with Crippen LogP contribution in [0.15, 0.2) is 91.3 Å². The number of thiocarbonyl (C=S) groups is 1. The van der Waals surface area contributed by atoms with Gasteiger partial charge in [0.2, 0.25) is 5.91 Å². The molecule has 2 aromatic carbocycles. The number of pyridine rings is 1. The standard InChI is InChI=1S/C28H27N5O2S/c1-19-8-12-21(13-9-19)32-17-5-7-24(32)27-26(23-6-3-4-16-29-23)31-28(36)33(27)22-14-10-20(11-15-22)30-25(34)18-35-2/h3-17,26-27H,18H2,1-2H3,(H,30,34)(H,31,36)/t26-,27+/m0/s1. The number of carbonyl (C=O) groups is 1. The van der Waals surface area contributed by atoms with Crippen molar-refractivity contribution in [2.45, 2.75) is 19.0 Å². The molecule has 36 heavy (non-hydrogen) atoms. The molecule has 1 fully saturated rings. The highest BCUT2D eigenvalue weighted by atomic mass is 32.1. The Hall–Kier alpha value is -4.01. The van der Waals surface area contributed by atoms with E-state index in [1.54, 1.807) is 6.20 Å². The molecule has 0 bridgehead atoms. The van der Waals surface area contributed by atoms with E-state index >= 15 is 0 Å². The van der Waals surface area contributed by atoms with Gasteiger partial charge < -0.3 is 24.8 Å². The average molecular weight is 498 g/mol. The summed E-state index contributed by atoms with van der Waals surface area (Å²) >= 11 is 5.86. The summed E-state index contributed by atoms with van der Waals surface area (Å²) in [5.74, 6) is -0.201. The van der Waals surface area contributed by atoms with E-state index in [2.05, 4.69) is 74.6 Å². The maximum atomic E-state index is 11.9. The largest absolute Gasteiger partial charge is 0.375 e. The van der Waals surface area contributed by atoms with Gasteiger partial charge >= 0.3 is 0 Å². The molecule has 1 aliphatic rings. The van der Waals surface area contributed by atoms with Gasteiger partial charge in [-0.25, -0.2) is 0 Å². The third-order valence-corrected chi connectivity index (χ3v) is 6.51. The molecular formula is C28H27N5O2S. The van der Waals surface area contributed by atoms with E-state index in [4.69, 9.17) is 17.0 Å². The summed E-state index contributed by atoms with van der Waals surface area (Å²) in [6, 6.07) is 25.9. The topological polar surface area (TPSA) is 71.4 Å². The molecule has 7 nitrogen and oxygen atoms in total. The Bertz CT molecular complexity index is 1350. The van der Waals surface area contributed by atoms with Crippen molar-refractivity contribution in [1.29, 1.82) is 0 Å². The average Bonchev–Trinajstić information content (AvgIpc) is 3.50. The van der Waals surface area contributed by atoms with Crippen molar-refractivity contribution < 1.29 is 9.53 Å². The fraction of sp³-hybridized carbons (Fsp3) is 0.179. The maximum Gasteiger partial charge on any atom is 0.250 e. The van der Waals surface area contributed by atoms with Crippen LogP contribution in [-0.4, -0.2) is 34.3 Å². The van der Waals surface area contributed by atoms with Crippen LogP contribution in [-0.2, 0) is 9.53 Å². The van der Waals surface area contributed by atoms with Crippen molar-refractivity contribution in [2.24, 2.45) is 0 Å². The second-order valence-corrected chi connectivity index (χ2v) is 9.05. The number of rotatable bonds is 7. The summed E-state index contributed by atoms with van der Waals surface area (Å²) in [6.07, 6.45) is 3.87. The minimum absolute atomic E-state index is 0.00567. The van der Waals surface area contributed by atoms with Crippen molar-refractivity contribution in [3.05, 3.63) is 108 Å². The number of nitrogens with zero attached hydrogens (tertiary/aromatic N) is 3. The molecule has 1 aliphatic heterocycles. The van der Waals surface area contributed by atoms with Gasteiger partial charge in [-0.05, 0) is 79.8 Å². The van der Waals surface area contributed by atoms with Crippen molar-refractivity contribution in [2.75, 3.05) is 23.9 Å². The van der Waals surface area contributed by atoms with Gasteiger partial charge in [0, 0.05) is 42.3 Å². The fourth-order valence-corrected chi connectivity index (χ4v) is 4.89. The number of methoxy groups -OCH3 is 1. The van der Waals surface area contributed by atoms with Gasteiger partial charge in [-0.1, -0.05) is 23.8 Å². The van der Waals surface area contributed by atoms with E-state index in [0.29, 0.717) is 10.8 Å². The molecule has 1 saturated heterocycles. The first kappa shape index (κ1) is 23.7. The minimum atomic E-state index is -0.201. The van der Waals surface area contributed by atoms with Gasteiger partial charge in [0.05, 0.1) is 11.7 Å². The van der Waals surface area contributed by atoms with E-state index in [0.717, 1.165) is 22.8 Å². The van der Waals surface area contributed by atoms with Gasteiger partial charge in [-0.3, -0.25) is 9.78 Å². The molecule has 5 rings (SSSR count). The smallest absolute Gasteiger partial charge is 0.250 e. The SMILES string of the molecule is COCC(=O)Nc1ccc(N2C(=S)N[C@@H](c3ccccn3)[C@H]2c2cccn2-c2ccc(C)cc2)cc1. The monoisotopic (exact) mass is 497 g/mol. The second kappa shape index (κ2) is 10.3. The molecule has 1 amide bonds. The molecule has 2 atom stereocenters. The molecule has 182 valence electrons. The van der Waals surface area contributed by atoms with Crippen LogP contribution in [0.2, 0.25) is 0 Å². The summed E-state index contributed by atoms with van der Waals surface area (Å²) in [5, 5.41) is 6.95. The lowest BCUT2D eigenvalue weighted by molar-refractivity contribution is -0.119. The van der Waals surface area contributed by atoms with Crippen LogP contribution >= 0.6 is 12.2 Å². The van der Waals surface area contributed by atoms with Crippen molar-refractivity contribution in [1.82, 2.24) is 14.9 Å². The van der Waals surface area contributed by atoms with E-state index < -0.39 is 0 Å². The van der Waals surface area contributed by atoms with E-state index in [9.17, 15) is 4.79 Å². The number of aryl methyl sites for hydroxylation is 1. The Morgan fingerprint density at radius 2 is 1.78 bits per heavy atom. The Kier molecular flexibility index (Phi) is 6.79. The highest BCUT2D eigenvalue weighted by Gasteiger charge is 2.42. The molecule has 4 aromatic rings. The first-order valence-corrected chi connectivity index (χ1v) is 12.1. The van der Waals surface area contributed by atoms with Gasteiger partial charge in [0.25, 0.3) is 0 Å². The number of nitrogens with one attached hydrogen (secondary N) is 2. The van der Waals surface area contributed by atoms with Gasteiger partial charge in [0.1, 0.15) is 12.6 Å². The number of benzene rings is 2. The van der Waals surface area contributed by atoms with Crippen molar-refractivity contribution in [3.63, 3.8) is 0 Å². The number of carbonyl (C=O) groups excluding carboxylic acids is 1. The van der Waals surface area contributed by atoms with Crippen LogP contribution in [0, 0.1) is 6.92 Å². The van der Waals surface area contributed by atoms with E-state index in [1.165, 1.54) is 12.7 Å². The number of aromatic nitrogens is 2. The van der Waals surface area contributed by atoms with Crippen LogP contribution in [0.4, 0.5) is 11.4 Å². The Morgan fingerprint density at radius 3 is 2.47 bits per heavy atom. The molecule has 0 aliphatic carbocycles. The first-order chi connectivity index (χ1) is 17.5. The molecule has 2 N–H and O–H groups in total. The predicted molar refractivity (Wildman–Crippen MR) is 145 cm³/mol. The molecule has 2 aromatic heterocycles. The van der Waals surface area contributed by atoms with E-state index in [-0.39, 0.29) is 24.6 Å². The van der Waals surface area contributed by atoms with Crippen LogP contribution < -0.4 is 15.5 Å². The van der Waals surface area contributed by atoms with Gasteiger partial charge in [-0.15, -0.1) is 0 Å². The van der Waals surface area contributed by atoms with Crippen LogP contribution in [0.5, 0.6) is 0 Å². The Morgan fingerprint density at radius 1 is 1.03 bits per heavy atom. The zero-order chi connectivity index (χ0) is 25.1. The van der Waals surface area contributed by atoms with E-state index in [1.807, 2.05) is 42.5 Å². The lowest BCUT2D eigenvalue weighted by atomic mass is 10.0. The van der Waals surface area contributed by atoms with Crippen LogP contribution in [0.3, 0.4) is 0 Å². The molecular weight excluding hydrogens is 470 g/mol. The highest BCUT2D eigenvalue weighted by molar-refractivity contribution is 7.80. The number of hydrogen-bond acceptors (Lipinski definition) is 4. The number of anilines is 2.